The van der Waals surface area contributed by atoms with E-state index in [2.05, 4.69) is 15.5 Å². The zero-order valence-electron chi connectivity index (χ0n) is 16.1. The molecule has 8 heteroatoms. The molecular weight excluding hydrogens is 407 g/mol. The fraction of sp³-hybridized carbons (Fsp3) is 0.286. The monoisotopic (exact) mass is 428 g/mol. The van der Waals surface area contributed by atoms with Crippen molar-refractivity contribution in [1.82, 2.24) is 14.8 Å². The van der Waals surface area contributed by atoms with E-state index in [0.29, 0.717) is 16.5 Å². The molecule has 0 aliphatic heterocycles. The Morgan fingerprint density at radius 3 is 2.62 bits per heavy atom. The zero-order chi connectivity index (χ0) is 20.4. The smallest absolute Gasteiger partial charge is 0.237 e. The number of aromatic nitrogens is 3. The van der Waals surface area contributed by atoms with Crippen molar-refractivity contribution in [3.63, 3.8) is 0 Å². The Bertz CT molecular complexity index is 1040. The predicted molar refractivity (Wildman–Crippen MR) is 116 cm³/mol. The Balaban J connectivity index is 1.55. The Kier molecular flexibility index (Phi) is 5.91. The van der Waals surface area contributed by atoms with Crippen LogP contribution in [0.15, 0.2) is 58.6 Å². The van der Waals surface area contributed by atoms with E-state index in [-0.39, 0.29) is 23.0 Å². The van der Waals surface area contributed by atoms with Gasteiger partial charge in [0.05, 0.1) is 16.5 Å². The number of halogens is 1. The Labute approximate surface area is 177 Å². The average molecular weight is 429 g/mol. The summed E-state index contributed by atoms with van der Waals surface area (Å²) in [7, 11) is 0. The van der Waals surface area contributed by atoms with Crippen molar-refractivity contribution in [3.05, 3.63) is 54.3 Å². The summed E-state index contributed by atoms with van der Waals surface area (Å²) in [5.41, 5.74) is 1.23. The van der Waals surface area contributed by atoms with Crippen molar-refractivity contribution in [2.45, 2.75) is 41.1 Å². The lowest BCUT2D eigenvalue weighted by molar-refractivity contribution is -0.115. The molecule has 1 heterocycles. The molecule has 1 unspecified atom stereocenters. The van der Waals surface area contributed by atoms with Crippen LogP contribution in [0.1, 0.15) is 25.8 Å². The number of amides is 1. The molecule has 0 radical (unpaired) electrons. The molecule has 4 rings (SSSR count). The summed E-state index contributed by atoms with van der Waals surface area (Å²) in [5, 5.41) is 11.8. The summed E-state index contributed by atoms with van der Waals surface area (Å²) < 4.78 is 16.3. The van der Waals surface area contributed by atoms with Crippen LogP contribution in [0.3, 0.4) is 0 Å². The maximum absolute atomic E-state index is 14.3. The summed E-state index contributed by atoms with van der Waals surface area (Å²) in [6, 6.07) is 14.6. The molecule has 1 N–H and O–H groups in total. The summed E-state index contributed by atoms with van der Waals surface area (Å²) in [5.74, 6) is 0.0977. The van der Waals surface area contributed by atoms with Crippen LogP contribution in [0.25, 0.3) is 11.4 Å². The van der Waals surface area contributed by atoms with E-state index in [1.165, 1.54) is 17.8 Å². The Morgan fingerprint density at radius 2 is 1.90 bits per heavy atom. The summed E-state index contributed by atoms with van der Waals surface area (Å²) in [4.78, 5) is 13.8. The quantitative estimate of drug-likeness (QED) is 0.520. The van der Waals surface area contributed by atoms with Crippen LogP contribution in [0.4, 0.5) is 10.1 Å². The molecule has 1 aliphatic carbocycles. The molecule has 0 spiro atoms. The highest BCUT2D eigenvalue weighted by Gasteiger charge is 2.32. The largest absolute Gasteiger partial charge is 0.324 e. The minimum atomic E-state index is -0.375. The first kappa shape index (κ1) is 20.0. The van der Waals surface area contributed by atoms with E-state index < -0.39 is 0 Å². The maximum atomic E-state index is 14.3. The fourth-order valence-electron chi connectivity index (χ4n) is 3.04. The standard InChI is InChI=1S/C21H21FN4OS2/c1-13(20(27)23-17-9-5-6-10-18(17)28-2)29-21-25-24-19(26(21)14-11-12-14)15-7-3-4-8-16(15)22/h3-10,13-14H,11-12H2,1-2H3,(H,23,27). The van der Waals surface area contributed by atoms with Gasteiger partial charge in [0.2, 0.25) is 5.91 Å². The molecule has 1 aliphatic rings. The van der Waals surface area contributed by atoms with Crippen LogP contribution in [0.2, 0.25) is 0 Å². The summed E-state index contributed by atoms with van der Waals surface area (Å²) in [6.45, 7) is 1.84. The molecule has 1 fully saturated rings. The average Bonchev–Trinajstić information content (AvgIpc) is 3.49. The number of benzene rings is 2. The lowest BCUT2D eigenvalue weighted by Crippen LogP contribution is -2.23. The highest BCUT2D eigenvalue weighted by molar-refractivity contribution is 8.00. The van der Waals surface area contributed by atoms with Crippen molar-refractivity contribution >= 4 is 35.1 Å². The molecule has 29 heavy (non-hydrogen) atoms. The van der Waals surface area contributed by atoms with Crippen LogP contribution < -0.4 is 5.32 Å². The topological polar surface area (TPSA) is 59.8 Å². The third-order valence-electron chi connectivity index (χ3n) is 4.71. The SMILES string of the molecule is CSc1ccccc1NC(=O)C(C)Sc1nnc(-c2ccccc2F)n1C1CC1. The first-order valence-electron chi connectivity index (χ1n) is 9.39. The van der Waals surface area contributed by atoms with Crippen molar-refractivity contribution in [1.29, 1.82) is 0 Å². The van der Waals surface area contributed by atoms with Gasteiger partial charge in [0.25, 0.3) is 0 Å². The second-order valence-electron chi connectivity index (χ2n) is 6.84. The molecule has 0 saturated heterocycles. The van der Waals surface area contributed by atoms with E-state index in [0.717, 1.165) is 23.4 Å². The van der Waals surface area contributed by atoms with Crippen LogP contribution in [0.5, 0.6) is 0 Å². The second-order valence-corrected chi connectivity index (χ2v) is 8.99. The predicted octanol–water partition coefficient (Wildman–Crippen LogP) is 5.26. The number of thioether (sulfide) groups is 2. The third kappa shape index (κ3) is 4.33. The number of para-hydroxylation sites is 1. The van der Waals surface area contributed by atoms with E-state index in [1.54, 1.807) is 30.0 Å². The third-order valence-corrected chi connectivity index (χ3v) is 6.56. The van der Waals surface area contributed by atoms with E-state index >= 15 is 0 Å². The first-order chi connectivity index (χ1) is 14.1. The minimum Gasteiger partial charge on any atom is -0.324 e. The van der Waals surface area contributed by atoms with E-state index in [9.17, 15) is 9.18 Å². The zero-order valence-corrected chi connectivity index (χ0v) is 17.8. The van der Waals surface area contributed by atoms with Gasteiger partial charge in [-0.1, -0.05) is 36.0 Å². The van der Waals surface area contributed by atoms with Gasteiger partial charge in [0.15, 0.2) is 11.0 Å². The molecule has 0 bridgehead atoms. The lowest BCUT2D eigenvalue weighted by Gasteiger charge is -2.15. The number of carbonyl (C=O) groups is 1. The highest BCUT2D eigenvalue weighted by Crippen LogP contribution is 2.42. The summed E-state index contributed by atoms with van der Waals surface area (Å²) >= 11 is 2.94. The number of rotatable bonds is 7. The number of nitrogens with one attached hydrogen (secondary N) is 1. The van der Waals surface area contributed by atoms with Crippen LogP contribution >= 0.6 is 23.5 Å². The van der Waals surface area contributed by atoms with Crippen molar-refractivity contribution < 1.29 is 9.18 Å². The molecule has 1 atom stereocenters. The first-order valence-corrected chi connectivity index (χ1v) is 11.5. The minimum absolute atomic E-state index is 0.103. The maximum Gasteiger partial charge on any atom is 0.237 e. The van der Waals surface area contributed by atoms with Gasteiger partial charge in [-0.2, -0.15) is 0 Å². The molecule has 1 aromatic heterocycles. The van der Waals surface area contributed by atoms with Crippen molar-refractivity contribution in [2.75, 3.05) is 11.6 Å². The van der Waals surface area contributed by atoms with Gasteiger partial charge >= 0.3 is 0 Å². The second kappa shape index (κ2) is 8.59. The number of anilines is 1. The highest BCUT2D eigenvalue weighted by atomic mass is 32.2. The normalized spacial score (nSPS) is 14.6. The van der Waals surface area contributed by atoms with Crippen LogP contribution in [-0.2, 0) is 4.79 Å². The van der Waals surface area contributed by atoms with Crippen molar-refractivity contribution in [2.24, 2.45) is 0 Å². The summed E-state index contributed by atoms with van der Waals surface area (Å²) in [6.07, 6.45) is 4.00. The molecular formula is C21H21FN4OS2. The van der Waals surface area contributed by atoms with Crippen molar-refractivity contribution in [3.8, 4) is 11.4 Å². The van der Waals surface area contributed by atoms with Gasteiger partial charge in [0, 0.05) is 10.9 Å². The number of hydrogen-bond donors (Lipinski definition) is 1. The van der Waals surface area contributed by atoms with Gasteiger partial charge in [-0.05, 0) is 50.3 Å². The van der Waals surface area contributed by atoms with Gasteiger partial charge in [-0.3, -0.25) is 9.36 Å². The van der Waals surface area contributed by atoms with Crippen LogP contribution in [-0.4, -0.2) is 32.2 Å². The molecule has 3 aromatic rings. The molecule has 2 aromatic carbocycles. The molecule has 1 saturated carbocycles. The lowest BCUT2D eigenvalue weighted by atomic mass is 10.2. The molecule has 1 amide bonds. The Hall–Kier alpha value is -2.32. The van der Waals surface area contributed by atoms with Gasteiger partial charge in [-0.25, -0.2) is 4.39 Å². The number of carbonyl (C=O) groups excluding carboxylic acids is 1. The van der Waals surface area contributed by atoms with E-state index in [4.69, 9.17) is 0 Å². The number of hydrogen-bond acceptors (Lipinski definition) is 5. The van der Waals surface area contributed by atoms with Gasteiger partial charge in [-0.15, -0.1) is 22.0 Å². The van der Waals surface area contributed by atoms with Gasteiger partial charge < -0.3 is 5.32 Å². The number of nitrogens with zero attached hydrogens (tertiary/aromatic N) is 3. The molecule has 150 valence electrons. The van der Waals surface area contributed by atoms with Crippen LogP contribution in [0, 0.1) is 5.82 Å². The van der Waals surface area contributed by atoms with Gasteiger partial charge in [0.1, 0.15) is 5.82 Å². The molecule has 5 nitrogen and oxygen atoms in total. The fourth-order valence-corrected chi connectivity index (χ4v) is 4.51. The van der Waals surface area contributed by atoms with E-state index in [1.807, 2.05) is 42.0 Å². The Morgan fingerprint density at radius 1 is 1.17 bits per heavy atom.